The Balaban J connectivity index is 2.65. The lowest BCUT2D eigenvalue weighted by molar-refractivity contribution is 0.414. The molecule has 0 radical (unpaired) electrons. The number of hydrogen-bond donors (Lipinski definition) is 1. The van der Waals surface area contributed by atoms with Crippen LogP contribution < -0.4 is 5.73 Å². The molecule has 0 amide bonds. The average Bonchev–Trinajstić information content (AvgIpc) is 2.45. The summed E-state index contributed by atoms with van der Waals surface area (Å²) in [4.78, 5) is 0.540. The zero-order chi connectivity index (χ0) is 11.6. The van der Waals surface area contributed by atoms with E-state index in [0.717, 1.165) is 18.7 Å². The summed E-state index contributed by atoms with van der Waals surface area (Å²) in [6.45, 7) is 6.80. The molecule has 0 saturated carbocycles. The van der Waals surface area contributed by atoms with Gasteiger partial charge >= 0.3 is 0 Å². The van der Waals surface area contributed by atoms with Crippen molar-refractivity contribution >= 4 is 28.8 Å². The third-order valence-electron chi connectivity index (χ3n) is 2.66. The lowest BCUT2D eigenvalue weighted by atomic mass is 9.89. The Morgan fingerprint density at radius 3 is 2.67 bits per heavy atom. The van der Waals surface area contributed by atoms with Crippen LogP contribution in [0, 0.1) is 12.3 Å². The molecule has 0 aliphatic heterocycles. The first-order chi connectivity index (χ1) is 6.84. The summed E-state index contributed by atoms with van der Waals surface area (Å²) in [6.07, 6.45) is 2.52. The molecule has 84 valence electrons. The largest absolute Gasteiger partial charge is 0.393 e. The number of halogens is 1. The number of thiocarbonyl (C=S) groups is 1. The molecular weight excluding hydrogens is 230 g/mol. The summed E-state index contributed by atoms with van der Waals surface area (Å²) < 4.78 is 1.88. The predicted molar refractivity (Wildman–Crippen MR) is 67.2 cm³/mol. The van der Waals surface area contributed by atoms with E-state index in [2.05, 4.69) is 5.10 Å². The third-order valence-corrected chi connectivity index (χ3v) is 3.58. The topological polar surface area (TPSA) is 43.8 Å². The van der Waals surface area contributed by atoms with E-state index in [9.17, 15) is 0 Å². The summed E-state index contributed by atoms with van der Waals surface area (Å²) in [5.74, 6) is 0. The molecule has 0 saturated heterocycles. The van der Waals surface area contributed by atoms with Crippen molar-refractivity contribution in [3.05, 3.63) is 16.9 Å². The van der Waals surface area contributed by atoms with Gasteiger partial charge in [-0.1, -0.05) is 37.7 Å². The molecule has 15 heavy (non-hydrogen) atoms. The van der Waals surface area contributed by atoms with E-state index in [1.54, 1.807) is 6.20 Å². The van der Waals surface area contributed by atoms with Crippen molar-refractivity contribution < 1.29 is 0 Å². The predicted octanol–water partition coefficient (Wildman–Crippen LogP) is 2.55. The van der Waals surface area contributed by atoms with E-state index < -0.39 is 0 Å². The van der Waals surface area contributed by atoms with Crippen molar-refractivity contribution in [2.24, 2.45) is 11.1 Å². The van der Waals surface area contributed by atoms with Crippen LogP contribution in [-0.4, -0.2) is 14.8 Å². The minimum Gasteiger partial charge on any atom is -0.393 e. The summed E-state index contributed by atoms with van der Waals surface area (Å²) >= 11 is 10.9. The zero-order valence-electron chi connectivity index (χ0n) is 9.25. The van der Waals surface area contributed by atoms with Gasteiger partial charge in [-0.2, -0.15) is 5.10 Å². The second kappa shape index (κ2) is 4.49. The number of aryl methyl sites for hydroxylation is 1. The quantitative estimate of drug-likeness (QED) is 0.830. The number of aromatic nitrogens is 2. The first-order valence-corrected chi connectivity index (χ1v) is 5.61. The highest BCUT2D eigenvalue weighted by molar-refractivity contribution is 7.80. The highest BCUT2D eigenvalue weighted by Gasteiger charge is 2.21. The molecule has 3 nitrogen and oxygen atoms in total. The molecule has 0 bridgehead atoms. The summed E-state index contributed by atoms with van der Waals surface area (Å²) in [5, 5.41) is 4.88. The third kappa shape index (κ3) is 2.92. The minimum absolute atomic E-state index is 0.139. The first kappa shape index (κ1) is 12.5. The molecule has 0 aliphatic rings. The normalized spacial score (nSPS) is 11.7. The first-order valence-electron chi connectivity index (χ1n) is 4.82. The SMILES string of the molecule is Cc1c(Cl)cnn1CCC(C)(C)C(N)=S. The van der Waals surface area contributed by atoms with Crippen LogP contribution in [0.5, 0.6) is 0 Å². The van der Waals surface area contributed by atoms with Crippen molar-refractivity contribution in [1.29, 1.82) is 0 Å². The van der Waals surface area contributed by atoms with Gasteiger partial charge in [0.05, 0.1) is 21.9 Å². The Hall–Kier alpha value is -0.610. The van der Waals surface area contributed by atoms with E-state index >= 15 is 0 Å². The fourth-order valence-corrected chi connectivity index (χ4v) is 1.40. The minimum atomic E-state index is -0.139. The van der Waals surface area contributed by atoms with Gasteiger partial charge in [-0.05, 0) is 13.3 Å². The Labute approximate surface area is 101 Å². The van der Waals surface area contributed by atoms with Gasteiger partial charge in [-0.25, -0.2) is 0 Å². The number of hydrogen-bond acceptors (Lipinski definition) is 2. The molecule has 0 fully saturated rings. The number of nitrogens with two attached hydrogens (primary N) is 1. The van der Waals surface area contributed by atoms with Crippen LogP contribution in [0.15, 0.2) is 6.20 Å². The van der Waals surface area contributed by atoms with Gasteiger partial charge < -0.3 is 5.73 Å². The van der Waals surface area contributed by atoms with Gasteiger partial charge in [0.2, 0.25) is 0 Å². The molecule has 1 rings (SSSR count). The molecule has 2 N–H and O–H groups in total. The van der Waals surface area contributed by atoms with Gasteiger partial charge in [0.1, 0.15) is 0 Å². The van der Waals surface area contributed by atoms with Crippen LogP contribution in [0.4, 0.5) is 0 Å². The van der Waals surface area contributed by atoms with Crippen molar-refractivity contribution in [2.75, 3.05) is 0 Å². The maximum Gasteiger partial charge on any atom is 0.0814 e. The van der Waals surface area contributed by atoms with Crippen LogP contribution in [0.25, 0.3) is 0 Å². The Morgan fingerprint density at radius 2 is 2.27 bits per heavy atom. The molecule has 1 aromatic heterocycles. The van der Waals surface area contributed by atoms with E-state index in [4.69, 9.17) is 29.6 Å². The standard InChI is InChI=1S/C10H16ClN3S/c1-7-8(11)6-13-14(7)5-4-10(2,3)9(12)15/h6H,4-5H2,1-3H3,(H2,12,15). The van der Waals surface area contributed by atoms with Gasteiger partial charge in [-0.3, -0.25) is 4.68 Å². The molecule has 1 aromatic rings. The zero-order valence-corrected chi connectivity index (χ0v) is 10.8. The highest BCUT2D eigenvalue weighted by atomic mass is 35.5. The second-order valence-corrected chi connectivity index (χ2v) is 5.15. The monoisotopic (exact) mass is 245 g/mol. The Bertz CT molecular complexity index is 371. The van der Waals surface area contributed by atoms with E-state index in [1.165, 1.54) is 0 Å². The molecule has 0 aromatic carbocycles. The molecule has 0 atom stereocenters. The molecular formula is C10H16ClN3S. The molecule has 1 heterocycles. The van der Waals surface area contributed by atoms with Crippen molar-refractivity contribution in [3.8, 4) is 0 Å². The summed E-state index contributed by atoms with van der Waals surface area (Å²) in [5.41, 5.74) is 6.50. The summed E-state index contributed by atoms with van der Waals surface area (Å²) in [7, 11) is 0. The van der Waals surface area contributed by atoms with Gasteiger partial charge in [0.25, 0.3) is 0 Å². The van der Waals surface area contributed by atoms with Crippen LogP contribution in [0.2, 0.25) is 5.02 Å². The molecule has 0 aliphatic carbocycles. The van der Waals surface area contributed by atoms with E-state index in [-0.39, 0.29) is 5.41 Å². The Kier molecular flexibility index (Phi) is 3.73. The highest BCUT2D eigenvalue weighted by Crippen LogP contribution is 2.22. The van der Waals surface area contributed by atoms with Crippen LogP contribution in [0.1, 0.15) is 26.0 Å². The van der Waals surface area contributed by atoms with E-state index in [1.807, 2.05) is 25.5 Å². The molecule has 5 heteroatoms. The van der Waals surface area contributed by atoms with Crippen molar-refractivity contribution in [1.82, 2.24) is 9.78 Å². The fourth-order valence-electron chi connectivity index (χ4n) is 1.16. The number of rotatable bonds is 4. The average molecular weight is 246 g/mol. The summed E-state index contributed by atoms with van der Waals surface area (Å²) in [6, 6.07) is 0. The molecule has 0 unspecified atom stereocenters. The van der Waals surface area contributed by atoms with Crippen molar-refractivity contribution in [3.63, 3.8) is 0 Å². The van der Waals surface area contributed by atoms with Crippen LogP contribution in [-0.2, 0) is 6.54 Å². The lowest BCUT2D eigenvalue weighted by Crippen LogP contribution is -2.31. The lowest BCUT2D eigenvalue weighted by Gasteiger charge is -2.23. The fraction of sp³-hybridized carbons (Fsp3) is 0.600. The van der Waals surface area contributed by atoms with Crippen LogP contribution >= 0.6 is 23.8 Å². The maximum atomic E-state index is 5.91. The maximum absolute atomic E-state index is 5.91. The number of nitrogens with zero attached hydrogens (tertiary/aromatic N) is 2. The second-order valence-electron chi connectivity index (χ2n) is 4.30. The van der Waals surface area contributed by atoms with E-state index in [0.29, 0.717) is 10.0 Å². The van der Waals surface area contributed by atoms with Gasteiger partial charge in [0.15, 0.2) is 0 Å². The smallest absolute Gasteiger partial charge is 0.0814 e. The van der Waals surface area contributed by atoms with Gasteiger partial charge in [0, 0.05) is 12.0 Å². The van der Waals surface area contributed by atoms with Crippen LogP contribution in [0.3, 0.4) is 0 Å². The Morgan fingerprint density at radius 1 is 1.67 bits per heavy atom. The molecule has 0 spiro atoms. The van der Waals surface area contributed by atoms with Gasteiger partial charge in [-0.15, -0.1) is 0 Å². The van der Waals surface area contributed by atoms with Crippen molar-refractivity contribution in [2.45, 2.75) is 33.7 Å².